The standard InChI is InChI=1S/C32H47N5O3/c1-34(20-22-8-5-4-6-9-22)24-14-16-32(17-15-24)18-23(19-32)21-35(2)25-10-7-11-26-29(25)36(3)31(40)37(26)27-12-13-28(38)33-30(27)39/h7,10-11,22-24,27H,4-6,8-9,12-21H2,1-3H3,(H,33,38,39)/t23-,24-,27?,32?. The van der Waals surface area contributed by atoms with Gasteiger partial charge in [-0.15, -0.1) is 0 Å². The lowest BCUT2D eigenvalue weighted by Gasteiger charge is -2.53. The fraction of sp³-hybridized carbons (Fsp3) is 0.719. The minimum absolute atomic E-state index is 0.210. The molecule has 8 heteroatoms. The van der Waals surface area contributed by atoms with E-state index in [-0.39, 0.29) is 23.9 Å². The Morgan fingerprint density at radius 2 is 1.65 bits per heavy atom. The molecule has 1 unspecified atom stereocenters. The fourth-order valence-corrected chi connectivity index (χ4v) is 8.73. The largest absolute Gasteiger partial charge is 0.373 e. The van der Waals surface area contributed by atoms with Crippen LogP contribution in [0.3, 0.4) is 0 Å². The van der Waals surface area contributed by atoms with E-state index in [1.165, 1.54) is 77.2 Å². The molecule has 1 aromatic heterocycles. The zero-order chi connectivity index (χ0) is 28.0. The molecule has 0 bridgehead atoms. The maximum atomic E-state index is 13.3. The Balaban J connectivity index is 1.08. The topological polar surface area (TPSA) is 79.6 Å². The summed E-state index contributed by atoms with van der Waals surface area (Å²) in [6, 6.07) is 6.08. The van der Waals surface area contributed by atoms with E-state index >= 15 is 0 Å². The molecule has 1 saturated heterocycles. The molecule has 4 aliphatic rings. The molecule has 0 radical (unpaired) electrons. The minimum Gasteiger partial charge on any atom is -0.373 e. The van der Waals surface area contributed by atoms with Crippen LogP contribution >= 0.6 is 0 Å². The first-order chi connectivity index (χ1) is 19.2. The summed E-state index contributed by atoms with van der Waals surface area (Å²) in [6.07, 6.45) is 15.8. The number of aromatic nitrogens is 2. The van der Waals surface area contributed by atoms with Crippen LogP contribution in [0.4, 0.5) is 5.69 Å². The van der Waals surface area contributed by atoms with E-state index in [9.17, 15) is 14.4 Å². The van der Waals surface area contributed by atoms with Gasteiger partial charge in [-0.05, 0) is 94.2 Å². The number of rotatable bonds is 7. The maximum Gasteiger partial charge on any atom is 0.329 e. The zero-order valence-electron chi connectivity index (χ0n) is 24.7. The molecule has 6 rings (SSSR count). The Bertz CT molecular complexity index is 1310. The molecule has 1 aromatic carbocycles. The summed E-state index contributed by atoms with van der Waals surface area (Å²) in [4.78, 5) is 42.6. The number of fused-ring (bicyclic) bond motifs is 1. The lowest BCUT2D eigenvalue weighted by molar-refractivity contribution is -0.135. The van der Waals surface area contributed by atoms with Gasteiger partial charge in [0.05, 0.1) is 16.7 Å². The van der Waals surface area contributed by atoms with Gasteiger partial charge in [-0.25, -0.2) is 4.79 Å². The molecule has 3 aliphatic carbocycles. The smallest absolute Gasteiger partial charge is 0.329 e. The van der Waals surface area contributed by atoms with E-state index < -0.39 is 6.04 Å². The lowest BCUT2D eigenvalue weighted by atomic mass is 9.55. The second kappa shape index (κ2) is 11.0. The highest BCUT2D eigenvalue weighted by molar-refractivity contribution is 6.00. The van der Waals surface area contributed by atoms with Crippen molar-refractivity contribution >= 4 is 28.5 Å². The third-order valence-electron chi connectivity index (χ3n) is 10.9. The van der Waals surface area contributed by atoms with Crippen LogP contribution < -0.4 is 15.9 Å². The van der Waals surface area contributed by atoms with Gasteiger partial charge < -0.3 is 9.80 Å². The third kappa shape index (κ3) is 5.12. The van der Waals surface area contributed by atoms with Crippen LogP contribution in [-0.2, 0) is 16.6 Å². The van der Waals surface area contributed by atoms with Gasteiger partial charge in [0.1, 0.15) is 6.04 Å². The number of imide groups is 1. The molecule has 1 aliphatic heterocycles. The van der Waals surface area contributed by atoms with E-state index in [1.54, 1.807) is 16.2 Å². The lowest BCUT2D eigenvalue weighted by Crippen LogP contribution is -2.48. The SMILES string of the molecule is CN(C[C@H]1CC2(CC[C@H](N(C)CC3CCCCC3)CC2)C1)c1cccc2c1n(C)c(=O)n2C1CCC(=O)NC1=O. The Hall–Kier alpha value is -2.61. The van der Waals surface area contributed by atoms with Crippen LogP contribution in [0, 0.1) is 17.3 Å². The molecule has 2 aromatic rings. The maximum absolute atomic E-state index is 13.3. The molecule has 2 heterocycles. The third-order valence-corrected chi connectivity index (χ3v) is 10.9. The minimum atomic E-state index is -0.655. The van der Waals surface area contributed by atoms with E-state index in [2.05, 4.69) is 35.3 Å². The van der Waals surface area contributed by atoms with Gasteiger partial charge in [0.25, 0.3) is 0 Å². The second-order valence-electron chi connectivity index (χ2n) is 13.7. The van der Waals surface area contributed by atoms with Crippen molar-refractivity contribution in [2.45, 2.75) is 95.6 Å². The Kier molecular flexibility index (Phi) is 7.57. The number of hydrogen-bond donors (Lipinski definition) is 1. The number of aryl methyl sites for hydroxylation is 1. The van der Waals surface area contributed by atoms with Crippen LogP contribution in [0.15, 0.2) is 23.0 Å². The van der Waals surface area contributed by atoms with Gasteiger partial charge in [0.15, 0.2) is 0 Å². The number of anilines is 1. The summed E-state index contributed by atoms with van der Waals surface area (Å²) in [7, 11) is 6.29. The molecule has 1 atom stereocenters. The summed E-state index contributed by atoms with van der Waals surface area (Å²) >= 11 is 0. The molecule has 4 fully saturated rings. The monoisotopic (exact) mass is 549 g/mol. The first-order valence-electron chi connectivity index (χ1n) is 15.7. The number of nitrogens with zero attached hydrogens (tertiary/aromatic N) is 4. The molecule has 1 N–H and O–H groups in total. The first kappa shape index (κ1) is 27.6. The predicted molar refractivity (Wildman–Crippen MR) is 158 cm³/mol. The molecule has 8 nitrogen and oxygen atoms in total. The number of carbonyl (C=O) groups excluding carboxylic acids is 2. The summed E-state index contributed by atoms with van der Waals surface area (Å²) < 4.78 is 3.24. The Labute approximate surface area is 238 Å². The average molecular weight is 550 g/mol. The molecular weight excluding hydrogens is 502 g/mol. The van der Waals surface area contributed by atoms with Crippen molar-refractivity contribution in [3.05, 3.63) is 28.7 Å². The molecular formula is C32H47N5O3. The van der Waals surface area contributed by atoms with Crippen LogP contribution in [-0.4, -0.2) is 59.1 Å². The first-order valence-corrected chi connectivity index (χ1v) is 15.7. The number of para-hydroxylation sites is 1. The van der Waals surface area contributed by atoms with E-state index in [1.807, 2.05) is 12.1 Å². The van der Waals surface area contributed by atoms with Crippen LogP contribution in [0.2, 0.25) is 0 Å². The van der Waals surface area contributed by atoms with E-state index in [4.69, 9.17) is 0 Å². The van der Waals surface area contributed by atoms with Gasteiger partial charge in [-0.3, -0.25) is 24.0 Å². The highest BCUT2D eigenvalue weighted by atomic mass is 16.2. The summed E-state index contributed by atoms with van der Waals surface area (Å²) in [6.45, 7) is 2.27. The van der Waals surface area contributed by atoms with Gasteiger partial charge in [-0.1, -0.05) is 25.3 Å². The Morgan fingerprint density at radius 3 is 2.35 bits per heavy atom. The van der Waals surface area contributed by atoms with Crippen molar-refractivity contribution in [2.75, 3.05) is 32.1 Å². The summed E-state index contributed by atoms with van der Waals surface area (Å²) in [5.41, 5.74) is 2.97. The quantitative estimate of drug-likeness (QED) is 0.511. The van der Waals surface area contributed by atoms with Gasteiger partial charge in [0, 0.05) is 39.6 Å². The highest BCUT2D eigenvalue weighted by Gasteiger charge is 2.46. The molecule has 3 saturated carbocycles. The van der Waals surface area contributed by atoms with Crippen LogP contribution in [0.5, 0.6) is 0 Å². The average Bonchev–Trinajstić information content (AvgIpc) is 3.18. The van der Waals surface area contributed by atoms with E-state index in [0.717, 1.165) is 35.2 Å². The zero-order valence-corrected chi connectivity index (χ0v) is 24.7. The second-order valence-corrected chi connectivity index (χ2v) is 13.7. The normalized spacial score (nSPS) is 29.6. The number of nitrogens with one attached hydrogen (secondary N) is 1. The Morgan fingerprint density at radius 1 is 0.925 bits per heavy atom. The van der Waals surface area contributed by atoms with Crippen molar-refractivity contribution in [1.82, 2.24) is 19.4 Å². The number of benzene rings is 1. The van der Waals surface area contributed by atoms with Crippen molar-refractivity contribution < 1.29 is 9.59 Å². The van der Waals surface area contributed by atoms with Crippen LogP contribution in [0.25, 0.3) is 11.0 Å². The van der Waals surface area contributed by atoms with Crippen molar-refractivity contribution in [1.29, 1.82) is 0 Å². The van der Waals surface area contributed by atoms with Crippen molar-refractivity contribution in [3.63, 3.8) is 0 Å². The highest BCUT2D eigenvalue weighted by Crippen LogP contribution is 2.55. The molecule has 1 spiro atoms. The number of carbonyl (C=O) groups is 2. The van der Waals surface area contributed by atoms with Crippen molar-refractivity contribution in [2.24, 2.45) is 24.3 Å². The van der Waals surface area contributed by atoms with Gasteiger partial charge in [-0.2, -0.15) is 0 Å². The fourth-order valence-electron chi connectivity index (χ4n) is 8.73. The summed E-state index contributed by atoms with van der Waals surface area (Å²) in [5.74, 6) is 0.932. The van der Waals surface area contributed by atoms with Gasteiger partial charge >= 0.3 is 5.69 Å². The summed E-state index contributed by atoms with van der Waals surface area (Å²) in [5, 5.41) is 2.40. The number of imidazole rings is 1. The number of amides is 2. The molecule has 2 amide bonds. The number of piperidine rings is 1. The number of hydrogen-bond acceptors (Lipinski definition) is 5. The van der Waals surface area contributed by atoms with Gasteiger partial charge in [0.2, 0.25) is 11.8 Å². The van der Waals surface area contributed by atoms with E-state index in [0.29, 0.717) is 17.8 Å². The molecule has 40 heavy (non-hydrogen) atoms. The predicted octanol–water partition coefficient (Wildman–Crippen LogP) is 4.61. The van der Waals surface area contributed by atoms with Crippen molar-refractivity contribution in [3.8, 4) is 0 Å². The van der Waals surface area contributed by atoms with Crippen LogP contribution in [0.1, 0.15) is 89.5 Å². The molecule has 218 valence electrons.